The van der Waals surface area contributed by atoms with Crippen molar-refractivity contribution < 1.29 is 0 Å². The van der Waals surface area contributed by atoms with Gasteiger partial charge in [0.25, 0.3) is 0 Å². The van der Waals surface area contributed by atoms with Crippen molar-refractivity contribution in [3.63, 3.8) is 0 Å². The summed E-state index contributed by atoms with van der Waals surface area (Å²) in [6, 6.07) is 2.10. The molecule has 0 aromatic carbocycles. The number of nitrogens with zero attached hydrogens (tertiary/aromatic N) is 2. The summed E-state index contributed by atoms with van der Waals surface area (Å²) in [5.41, 5.74) is 1.23. The van der Waals surface area contributed by atoms with Gasteiger partial charge in [0.2, 0.25) is 0 Å². The third kappa shape index (κ3) is 6.05. The average molecular weight is 282 g/mol. The summed E-state index contributed by atoms with van der Waals surface area (Å²) in [6.45, 7) is 9.02. The van der Waals surface area contributed by atoms with E-state index in [1.165, 1.54) is 5.56 Å². The first kappa shape index (κ1) is 16.0. The number of guanidine groups is 1. The predicted octanol–water partition coefficient (Wildman–Crippen LogP) is 2.22. The number of aryl methyl sites for hydroxylation is 1. The molecule has 2 N–H and O–H groups in total. The van der Waals surface area contributed by atoms with Gasteiger partial charge in [0.1, 0.15) is 0 Å². The molecule has 0 spiro atoms. The first-order chi connectivity index (χ1) is 8.96. The molecule has 0 aliphatic carbocycles. The van der Waals surface area contributed by atoms with Crippen LogP contribution in [-0.2, 0) is 13.6 Å². The Balaban J connectivity index is 2.56. The van der Waals surface area contributed by atoms with Crippen LogP contribution in [0, 0.1) is 0 Å². The van der Waals surface area contributed by atoms with E-state index in [0.29, 0.717) is 6.54 Å². The van der Waals surface area contributed by atoms with Crippen molar-refractivity contribution in [1.29, 1.82) is 0 Å². The van der Waals surface area contributed by atoms with Gasteiger partial charge in [-0.1, -0.05) is 0 Å². The second-order valence-corrected chi connectivity index (χ2v) is 6.71. The maximum Gasteiger partial charge on any atom is 0.191 e. The number of aromatic nitrogens is 1. The van der Waals surface area contributed by atoms with E-state index in [1.54, 1.807) is 0 Å². The van der Waals surface area contributed by atoms with Crippen LogP contribution in [0.4, 0.5) is 0 Å². The lowest BCUT2D eigenvalue weighted by Gasteiger charge is -2.23. The zero-order chi connectivity index (χ0) is 14.3. The fraction of sp³-hybridized carbons (Fsp3) is 0.643. The minimum absolute atomic E-state index is 0.211. The Morgan fingerprint density at radius 1 is 1.42 bits per heavy atom. The summed E-state index contributed by atoms with van der Waals surface area (Å²) in [7, 11) is 2.03. The molecule has 0 aliphatic rings. The summed E-state index contributed by atoms with van der Waals surface area (Å²) in [4.78, 5) is 4.61. The van der Waals surface area contributed by atoms with E-state index in [1.807, 2.05) is 29.6 Å². The Kier molecular flexibility index (Phi) is 6.28. The molecule has 19 heavy (non-hydrogen) atoms. The Hall–Kier alpha value is -1.10. The molecule has 0 saturated carbocycles. The van der Waals surface area contributed by atoms with Gasteiger partial charge in [0.05, 0.1) is 6.54 Å². The monoisotopic (exact) mass is 282 g/mol. The van der Waals surface area contributed by atoms with E-state index >= 15 is 0 Å². The highest BCUT2D eigenvalue weighted by Gasteiger charge is 2.15. The topological polar surface area (TPSA) is 41.4 Å². The zero-order valence-electron chi connectivity index (χ0n) is 12.7. The number of hydrogen-bond acceptors (Lipinski definition) is 2. The third-order valence-electron chi connectivity index (χ3n) is 2.89. The molecular formula is C14H26N4S. The highest BCUT2D eigenvalue weighted by molar-refractivity contribution is 7.99. The van der Waals surface area contributed by atoms with Gasteiger partial charge in [-0.15, -0.1) is 0 Å². The molecule has 1 rings (SSSR count). The molecule has 1 aromatic rings. The number of rotatable bonds is 6. The van der Waals surface area contributed by atoms with E-state index in [0.717, 1.165) is 19.0 Å². The SMILES string of the molecule is CCNC(=NCc1ccn(C)c1)NCC(C)(C)SC. The molecular weight excluding hydrogens is 256 g/mol. The molecule has 5 heteroatoms. The van der Waals surface area contributed by atoms with E-state index in [9.17, 15) is 0 Å². The van der Waals surface area contributed by atoms with Crippen molar-refractivity contribution in [2.45, 2.75) is 32.1 Å². The predicted molar refractivity (Wildman–Crippen MR) is 85.8 cm³/mol. The van der Waals surface area contributed by atoms with Gasteiger partial charge < -0.3 is 15.2 Å². The molecule has 0 fully saturated rings. The van der Waals surface area contributed by atoms with Crippen molar-refractivity contribution >= 4 is 17.7 Å². The minimum atomic E-state index is 0.211. The van der Waals surface area contributed by atoms with Gasteiger partial charge >= 0.3 is 0 Å². The van der Waals surface area contributed by atoms with E-state index in [2.05, 4.69) is 54.9 Å². The average Bonchev–Trinajstić information content (AvgIpc) is 2.79. The number of thioether (sulfide) groups is 1. The van der Waals surface area contributed by atoms with Crippen molar-refractivity contribution in [2.75, 3.05) is 19.3 Å². The first-order valence-electron chi connectivity index (χ1n) is 6.65. The maximum atomic E-state index is 4.61. The van der Waals surface area contributed by atoms with Gasteiger partial charge in [-0.3, -0.25) is 0 Å². The Morgan fingerprint density at radius 2 is 2.16 bits per heavy atom. The van der Waals surface area contributed by atoms with Crippen LogP contribution in [0.3, 0.4) is 0 Å². The summed E-state index contributed by atoms with van der Waals surface area (Å²) in [5.74, 6) is 0.883. The molecule has 1 aromatic heterocycles. The van der Waals surface area contributed by atoms with E-state index in [-0.39, 0.29) is 4.75 Å². The molecule has 0 bridgehead atoms. The molecule has 108 valence electrons. The van der Waals surface area contributed by atoms with Crippen molar-refractivity contribution in [2.24, 2.45) is 12.0 Å². The Labute approximate surface area is 121 Å². The molecule has 0 atom stereocenters. The molecule has 0 radical (unpaired) electrons. The standard InChI is InChI=1S/C14H26N4S/c1-6-15-13(17-11-14(2,3)19-5)16-9-12-7-8-18(4)10-12/h7-8,10H,6,9,11H2,1-5H3,(H2,15,16,17). The van der Waals surface area contributed by atoms with E-state index < -0.39 is 0 Å². The maximum absolute atomic E-state index is 4.61. The molecule has 0 unspecified atom stereocenters. The van der Waals surface area contributed by atoms with Crippen molar-refractivity contribution in [3.8, 4) is 0 Å². The lowest BCUT2D eigenvalue weighted by Crippen LogP contribution is -2.43. The van der Waals surface area contributed by atoms with Gasteiger partial charge in [0, 0.05) is 37.3 Å². The lowest BCUT2D eigenvalue weighted by atomic mass is 10.2. The van der Waals surface area contributed by atoms with Crippen LogP contribution in [0.25, 0.3) is 0 Å². The largest absolute Gasteiger partial charge is 0.357 e. The number of hydrogen-bond donors (Lipinski definition) is 2. The molecule has 4 nitrogen and oxygen atoms in total. The van der Waals surface area contributed by atoms with Gasteiger partial charge in [-0.2, -0.15) is 11.8 Å². The van der Waals surface area contributed by atoms with Crippen LogP contribution in [0.2, 0.25) is 0 Å². The number of aliphatic imine (C=N–C) groups is 1. The van der Waals surface area contributed by atoms with Crippen molar-refractivity contribution in [1.82, 2.24) is 15.2 Å². The summed E-state index contributed by atoms with van der Waals surface area (Å²) in [5, 5.41) is 6.68. The summed E-state index contributed by atoms with van der Waals surface area (Å²) < 4.78 is 2.25. The third-order valence-corrected chi connectivity index (χ3v) is 4.14. The highest BCUT2D eigenvalue weighted by Crippen LogP contribution is 2.19. The van der Waals surface area contributed by atoms with Gasteiger partial charge in [0.15, 0.2) is 5.96 Å². The van der Waals surface area contributed by atoms with Crippen LogP contribution in [0.1, 0.15) is 26.3 Å². The molecule has 0 aliphatic heterocycles. The quantitative estimate of drug-likeness (QED) is 0.621. The second kappa shape index (κ2) is 7.48. The lowest BCUT2D eigenvalue weighted by molar-refractivity contribution is 0.665. The van der Waals surface area contributed by atoms with Crippen LogP contribution < -0.4 is 10.6 Å². The second-order valence-electron chi connectivity index (χ2n) is 5.20. The summed E-state index contributed by atoms with van der Waals surface area (Å²) in [6.07, 6.45) is 6.27. The first-order valence-corrected chi connectivity index (χ1v) is 7.87. The fourth-order valence-corrected chi connectivity index (χ4v) is 1.75. The van der Waals surface area contributed by atoms with E-state index in [4.69, 9.17) is 0 Å². The molecule has 0 amide bonds. The summed E-state index contributed by atoms with van der Waals surface area (Å²) >= 11 is 1.86. The number of nitrogens with one attached hydrogen (secondary N) is 2. The molecule has 1 heterocycles. The molecule has 0 saturated heterocycles. The van der Waals surface area contributed by atoms with Gasteiger partial charge in [-0.05, 0) is 38.7 Å². The van der Waals surface area contributed by atoms with Gasteiger partial charge in [-0.25, -0.2) is 4.99 Å². The zero-order valence-corrected chi connectivity index (χ0v) is 13.5. The fourth-order valence-electron chi connectivity index (χ4n) is 1.54. The van der Waals surface area contributed by atoms with Crippen molar-refractivity contribution in [3.05, 3.63) is 24.0 Å². The van der Waals surface area contributed by atoms with Crippen LogP contribution >= 0.6 is 11.8 Å². The normalized spacial score (nSPS) is 12.6. The Bertz CT molecular complexity index is 409. The highest BCUT2D eigenvalue weighted by atomic mass is 32.2. The van der Waals surface area contributed by atoms with Crippen LogP contribution in [0.15, 0.2) is 23.5 Å². The Morgan fingerprint density at radius 3 is 2.68 bits per heavy atom. The smallest absolute Gasteiger partial charge is 0.191 e. The van der Waals surface area contributed by atoms with Crippen LogP contribution in [-0.4, -0.2) is 34.6 Å². The van der Waals surface area contributed by atoms with Crippen LogP contribution in [0.5, 0.6) is 0 Å². The minimum Gasteiger partial charge on any atom is -0.357 e.